The number of hydrogen-bond acceptors (Lipinski definition) is 21. The maximum Gasteiger partial charge on any atom is 0.271 e. The number of amides is 3. The van der Waals surface area contributed by atoms with Gasteiger partial charge in [-0.3, -0.25) is 23.5 Å². The average Bonchev–Trinajstić information content (AvgIpc) is 1.74. The van der Waals surface area contributed by atoms with Crippen LogP contribution in [0.5, 0.6) is 0 Å². The minimum absolute atomic E-state index is 0. The lowest BCUT2D eigenvalue weighted by atomic mass is 10.3. The van der Waals surface area contributed by atoms with E-state index in [4.69, 9.17) is 32.2 Å². The summed E-state index contributed by atoms with van der Waals surface area (Å²) in [5.41, 5.74) is 2.16. The highest BCUT2D eigenvalue weighted by Crippen LogP contribution is 2.31. The fraction of sp³-hybridized carbons (Fsp3) is 0.250. The third-order valence-electron chi connectivity index (χ3n) is 11.6. The number of rotatable bonds is 23. The maximum absolute atomic E-state index is 13.3. The van der Waals surface area contributed by atoms with Crippen molar-refractivity contribution in [2.24, 2.45) is 0 Å². The van der Waals surface area contributed by atoms with E-state index >= 15 is 0 Å². The number of benzene rings is 4. The van der Waals surface area contributed by atoms with E-state index in [0.717, 1.165) is 27.1 Å². The van der Waals surface area contributed by atoms with Crippen LogP contribution in [0, 0.1) is 0 Å². The molecule has 0 spiro atoms. The molecule has 0 radical (unpaired) electrons. The number of aromatic nitrogens is 9. The lowest BCUT2D eigenvalue weighted by molar-refractivity contribution is -0.114. The Labute approximate surface area is 526 Å². The summed E-state index contributed by atoms with van der Waals surface area (Å²) < 4.78 is 69.1. The fourth-order valence-electron chi connectivity index (χ4n) is 7.72. The van der Waals surface area contributed by atoms with E-state index in [2.05, 4.69) is 46.5 Å². The number of carbonyl (C=O) groups excluding carboxylic acids is 3. The first kappa shape index (κ1) is 66.9. The summed E-state index contributed by atoms with van der Waals surface area (Å²) in [6, 6.07) is 46.0. The van der Waals surface area contributed by atoms with E-state index in [1.807, 2.05) is 110 Å². The Kier molecular flexibility index (Phi) is 26.8. The molecule has 1 saturated heterocycles. The molecule has 88 heavy (non-hydrogen) atoms. The van der Waals surface area contributed by atoms with Gasteiger partial charge in [0.2, 0.25) is 40.4 Å². The smallest absolute Gasteiger partial charge is 0.271 e. The van der Waals surface area contributed by atoms with Crippen molar-refractivity contribution in [3.8, 4) is 34.8 Å². The van der Waals surface area contributed by atoms with Crippen LogP contribution in [-0.2, 0) is 56.4 Å². The number of furan rings is 3. The van der Waals surface area contributed by atoms with Crippen LogP contribution in [-0.4, -0.2) is 127 Å². The van der Waals surface area contributed by atoms with Crippen molar-refractivity contribution < 1.29 is 59.3 Å². The number of para-hydroxylation sites is 3. The zero-order chi connectivity index (χ0) is 62.5. The van der Waals surface area contributed by atoms with Gasteiger partial charge in [-0.25, -0.2) is 8.42 Å². The predicted molar refractivity (Wildman–Crippen MR) is 342 cm³/mol. The zero-order valence-electron chi connectivity index (χ0n) is 48.9. The molecule has 7 heterocycles. The molecule has 0 atom stereocenters. The van der Waals surface area contributed by atoms with E-state index in [1.165, 1.54) is 41.9 Å². The Bertz CT molecular complexity index is 3620. The molecule has 1 aliphatic rings. The van der Waals surface area contributed by atoms with Gasteiger partial charge in [-0.15, -0.1) is 30.6 Å². The number of nitrogens with zero attached hydrogens (tertiary/aromatic N) is 9. The van der Waals surface area contributed by atoms with Crippen molar-refractivity contribution in [3.63, 3.8) is 0 Å². The normalized spacial score (nSPS) is 11.9. The summed E-state index contributed by atoms with van der Waals surface area (Å²) in [6.45, 7) is 9.90. The molecule has 10 aromatic rings. The molecule has 4 aromatic carbocycles. The van der Waals surface area contributed by atoms with Gasteiger partial charge in [0.15, 0.2) is 40.2 Å². The summed E-state index contributed by atoms with van der Waals surface area (Å²) in [5.74, 6) is 2.40. The van der Waals surface area contributed by atoms with Gasteiger partial charge in [-0.1, -0.05) is 136 Å². The molecule has 0 unspecified atom stereocenters. The van der Waals surface area contributed by atoms with Gasteiger partial charge in [-0.2, -0.15) is 3.97 Å². The van der Waals surface area contributed by atoms with Gasteiger partial charge < -0.3 is 48.1 Å². The van der Waals surface area contributed by atoms with Crippen molar-refractivity contribution in [1.29, 1.82) is 0 Å². The molecule has 3 amide bonds. The van der Waals surface area contributed by atoms with Gasteiger partial charge in [0.25, 0.3) is 10.0 Å². The summed E-state index contributed by atoms with van der Waals surface area (Å²) in [7, 11) is -0.889. The summed E-state index contributed by atoms with van der Waals surface area (Å²) in [5, 5.41) is 34.5. The van der Waals surface area contributed by atoms with Crippen molar-refractivity contribution in [2.45, 2.75) is 73.7 Å². The zero-order valence-corrected chi connectivity index (χ0v) is 52.2. The van der Waals surface area contributed by atoms with Crippen molar-refractivity contribution in [1.82, 2.24) is 43.7 Å². The van der Waals surface area contributed by atoms with E-state index in [9.17, 15) is 22.8 Å². The predicted octanol–water partition coefficient (Wildman–Crippen LogP) is 11.8. The Morgan fingerprint density at radius 1 is 0.511 bits per heavy atom. The average molecular weight is 1280 g/mol. The maximum atomic E-state index is 13.3. The van der Waals surface area contributed by atoms with Crippen LogP contribution < -0.4 is 16.0 Å². The minimum Gasteiger partial charge on any atom is -0.461 e. The van der Waals surface area contributed by atoms with Gasteiger partial charge in [0.05, 0.1) is 67.2 Å². The van der Waals surface area contributed by atoms with Gasteiger partial charge >= 0.3 is 0 Å². The van der Waals surface area contributed by atoms with Crippen LogP contribution in [0.1, 0.15) is 32.0 Å². The summed E-state index contributed by atoms with van der Waals surface area (Å²) >= 11 is 3.55. The summed E-state index contributed by atoms with van der Waals surface area (Å²) in [6.07, 6.45) is 3.72. The monoisotopic (exact) mass is 1280 g/mol. The second kappa shape index (κ2) is 35.3. The van der Waals surface area contributed by atoms with Crippen LogP contribution in [0.25, 0.3) is 34.8 Å². The third kappa shape index (κ3) is 19.2. The minimum atomic E-state index is -4.01. The highest BCUT2D eigenvalue weighted by atomic mass is 32.2. The number of carbonyl (C=O) groups is 3. The molecule has 0 saturated carbocycles. The quantitative estimate of drug-likeness (QED) is 0.0396. The molecule has 28 heteroatoms. The number of anilines is 3. The van der Waals surface area contributed by atoms with E-state index in [0.29, 0.717) is 65.5 Å². The van der Waals surface area contributed by atoms with Crippen molar-refractivity contribution in [3.05, 3.63) is 177 Å². The topological polar surface area (TPSA) is 290 Å². The summed E-state index contributed by atoms with van der Waals surface area (Å²) in [4.78, 5) is 36.8. The van der Waals surface area contributed by atoms with Crippen LogP contribution in [0.3, 0.4) is 0 Å². The van der Waals surface area contributed by atoms with Crippen molar-refractivity contribution >= 4 is 80.1 Å². The Balaban J connectivity index is 0.000000279. The second-order valence-electron chi connectivity index (χ2n) is 17.3. The van der Waals surface area contributed by atoms with Gasteiger partial charge in [-0.05, 0) is 84.9 Å². The first-order valence-corrected chi connectivity index (χ1v) is 31.9. The number of thioether (sulfide) groups is 3. The molecular formula is C60H72N12O12S4. The molecule has 0 aliphatic carbocycles. The Morgan fingerprint density at radius 3 is 1.28 bits per heavy atom. The van der Waals surface area contributed by atoms with Crippen LogP contribution >= 0.6 is 35.3 Å². The SMILES string of the molecule is CC.CC.COC(Cn1c(SCC(=O)Nc2ccccc2)nnc1-c1ccco1)OC.O=C(CSc1nnc(-c2ccco2)n1CC1OCCO1)Nc1ccccc1.O=C(CSc1nnc(-c2ccco2)n1S(=O)(=O)c1ccccc1)Nc1ccccc1.[HH].[HH].[HH]. The molecule has 0 bridgehead atoms. The molecule has 6 aromatic heterocycles. The van der Waals surface area contributed by atoms with Gasteiger partial charge in [0, 0.05) is 35.6 Å². The standard InChI is InChI=1S/C20H16N4O4S2.C18H18N4O4S.C18H20N4O4S.2C2H6.3H2/c25-18(21-15-8-3-1-4-9-15)14-29-20-23-22-19(17-12-7-13-28-17)24(20)30(26,27)16-10-5-2-6-11-16;23-15(19-13-5-2-1-3-6-13)12-27-18-21-20-17(14-7-4-8-24-14)22(18)11-16-25-9-10-26-16;1-24-16(25-2)11-22-17(14-9-6-10-26-14)20-21-18(22)27-12-15(23)19-13-7-4-3-5-8-13;2*1-2;;;/h1-13H,14H2,(H,21,25);1-8,16H,9-12H2,(H,19,23);3-10,16H,11-12H2,1-2H3,(H,19,23);2*1-2H3;3*1H. The molecule has 1 aliphatic heterocycles. The third-order valence-corrected chi connectivity index (χ3v) is 16.3. The van der Waals surface area contributed by atoms with E-state index in [-0.39, 0.29) is 67.2 Å². The highest BCUT2D eigenvalue weighted by Gasteiger charge is 2.29. The number of nitrogens with one attached hydrogen (secondary N) is 3. The van der Waals surface area contributed by atoms with Crippen LogP contribution in [0.15, 0.2) is 210 Å². The Hall–Kier alpha value is -8.61. The number of methoxy groups -OCH3 is 2. The van der Waals surface area contributed by atoms with Crippen LogP contribution in [0.2, 0.25) is 0 Å². The van der Waals surface area contributed by atoms with Crippen LogP contribution in [0.4, 0.5) is 17.1 Å². The Morgan fingerprint density at radius 2 is 0.875 bits per heavy atom. The molecule has 468 valence electrons. The molecule has 24 nitrogen and oxygen atoms in total. The lowest BCUT2D eigenvalue weighted by Crippen LogP contribution is -2.22. The molecule has 11 rings (SSSR count). The van der Waals surface area contributed by atoms with E-state index < -0.39 is 16.3 Å². The number of ether oxygens (including phenoxy) is 4. The lowest BCUT2D eigenvalue weighted by Gasteiger charge is -2.16. The number of hydrogen-bond donors (Lipinski definition) is 3. The van der Waals surface area contributed by atoms with E-state index in [1.54, 1.807) is 99.5 Å². The first-order chi connectivity index (χ1) is 43.1. The van der Waals surface area contributed by atoms with Gasteiger partial charge in [0.1, 0.15) is 0 Å². The molecular weight excluding hydrogens is 1210 g/mol. The second-order valence-corrected chi connectivity index (χ2v) is 21.9. The molecule has 3 N–H and O–H groups in total. The highest BCUT2D eigenvalue weighted by molar-refractivity contribution is 8.00. The fourth-order valence-corrected chi connectivity index (χ4v) is 11.6. The van der Waals surface area contributed by atoms with Crippen molar-refractivity contribution in [2.75, 3.05) is 60.6 Å². The molecule has 1 fully saturated rings. The largest absolute Gasteiger partial charge is 0.461 e. The first-order valence-electron chi connectivity index (χ1n) is 27.5.